The van der Waals surface area contributed by atoms with Gasteiger partial charge in [-0.15, -0.1) is 0 Å². The van der Waals surface area contributed by atoms with E-state index in [2.05, 4.69) is 5.32 Å². The number of aryl methyl sites for hydroxylation is 1. The van der Waals surface area contributed by atoms with Crippen LogP contribution in [0.5, 0.6) is 0 Å². The maximum Gasteiger partial charge on any atom is 0.255 e. The number of aromatic nitrogens is 1. The molecule has 136 valence electrons. The first-order valence-electron chi connectivity index (χ1n) is 8.42. The van der Waals surface area contributed by atoms with E-state index >= 15 is 0 Å². The minimum absolute atomic E-state index is 0.0865. The lowest BCUT2D eigenvalue weighted by molar-refractivity contribution is -0.128. The van der Waals surface area contributed by atoms with Gasteiger partial charge in [-0.1, -0.05) is 12.1 Å². The Morgan fingerprint density at radius 3 is 2.50 bits per heavy atom. The maximum atomic E-state index is 12.8. The highest BCUT2D eigenvalue weighted by Gasteiger charge is 2.35. The number of pyridine rings is 1. The van der Waals surface area contributed by atoms with Gasteiger partial charge in [-0.2, -0.15) is 0 Å². The first kappa shape index (κ1) is 17.8. The van der Waals surface area contributed by atoms with Gasteiger partial charge in [-0.25, -0.2) is 4.39 Å². The average Bonchev–Trinajstić information content (AvgIpc) is 2.57. The summed E-state index contributed by atoms with van der Waals surface area (Å²) < 4.78 is 14.2. The predicted molar refractivity (Wildman–Crippen MR) is 94.2 cm³/mol. The van der Waals surface area contributed by atoms with Crippen LogP contribution >= 0.6 is 0 Å². The maximum absolute atomic E-state index is 12.8. The molecule has 1 saturated heterocycles. The number of likely N-dealkylation sites (tertiary alicyclic amines) is 1. The van der Waals surface area contributed by atoms with Crippen molar-refractivity contribution in [3.8, 4) is 0 Å². The number of hydrogen-bond acceptors (Lipinski definition) is 3. The Morgan fingerprint density at radius 1 is 1.15 bits per heavy atom. The molecule has 1 aliphatic heterocycles. The number of nitrogens with one attached hydrogen (secondary N) is 1. The van der Waals surface area contributed by atoms with Crippen LogP contribution in [0.2, 0.25) is 0 Å². The van der Waals surface area contributed by atoms with Crippen LogP contribution in [-0.2, 0) is 18.3 Å². The number of nitrogens with zero attached hydrogens (tertiary/aromatic N) is 2. The van der Waals surface area contributed by atoms with E-state index in [9.17, 15) is 18.8 Å². The lowest BCUT2D eigenvalue weighted by atomic mass is 9.98. The Hall–Kier alpha value is -2.96. The van der Waals surface area contributed by atoms with Crippen molar-refractivity contribution < 1.29 is 14.0 Å². The smallest absolute Gasteiger partial charge is 0.255 e. The number of hydrogen-bond donors (Lipinski definition) is 1. The summed E-state index contributed by atoms with van der Waals surface area (Å²) in [4.78, 5) is 37.4. The second-order valence-corrected chi connectivity index (χ2v) is 6.44. The van der Waals surface area contributed by atoms with Gasteiger partial charge in [0.25, 0.3) is 5.91 Å². The van der Waals surface area contributed by atoms with Crippen molar-refractivity contribution in [3.05, 3.63) is 69.9 Å². The lowest BCUT2D eigenvalue weighted by Crippen LogP contribution is -2.56. The van der Waals surface area contributed by atoms with Crippen LogP contribution < -0.4 is 10.9 Å². The molecular formula is C19H20FN3O3. The summed E-state index contributed by atoms with van der Waals surface area (Å²) in [7, 11) is 1.59. The SMILES string of the molecule is Cn1cc(C(=O)N2CC(C(=O)NCCc3ccc(F)cc3)C2)ccc1=O. The first-order chi connectivity index (χ1) is 12.4. The van der Waals surface area contributed by atoms with E-state index in [0.717, 1.165) is 5.56 Å². The third-order valence-corrected chi connectivity index (χ3v) is 4.50. The number of halogens is 1. The van der Waals surface area contributed by atoms with E-state index < -0.39 is 0 Å². The van der Waals surface area contributed by atoms with Crippen molar-refractivity contribution >= 4 is 11.8 Å². The minimum atomic E-state index is -0.282. The van der Waals surface area contributed by atoms with E-state index in [1.54, 1.807) is 24.1 Å². The molecule has 6 nitrogen and oxygen atoms in total. The number of carbonyl (C=O) groups excluding carboxylic acids is 2. The van der Waals surface area contributed by atoms with E-state index in [4.69, 9.17) is 0 Å². The average molecular weight is 357 g/mol. The topological polar surface area (TPSA) is 71.4 Å². The Balaban J connectivity index is 1.44. The van der Waals surface area contributed by atoms with Gasteiger partial charge in [0.2, 0.25) is 11.5 Å². The predicted octanol–water partition coefficient (Wildman–Crippen LogP) is 0.955. The molecule has 1 fully saturated rings. The van der Waals surface area contributed by atoms with Crippen LogP contribution in [0.3, 0.4) is 0 Å². The van der Waals surface area contributed by atoms with E-state index in [0.29, 0.717) is 31.6 Å². The van der Waals surface area contributed by atoms with Crippen molar-refractivity contribution in [2.45, 2.75) is 6.42 Å². The molecule has 0 radical (unpaired) electrons. The molecule has 0 saturated carbocycles. The van der Waals surface area contributed by atoms with Crippen LogP contribution in [0.15, 0.2) is 47.4 Å². The number of carbonyl (C=O) groups is 2. The quantitative estimate of drug-likeness (QED) is 0.866. The molecule has 0 spiro atoms. The molecule has 1 aliphatic rings. The Labute approximate surface area is 150 Å². The van der Waals surface area contributed by atoms with Gasteiger partial charge in [0.1, 0.15) is 5.82 Å². The molecule has 1 aromatic heterocycles. The van der Waals surface area contributed by atoms with Gasteiger partial charge >= 0.3 is 0 Å². The minimum Gasteiger partial charge on any atom is -0.355 e. The van der Waals surface area contributed by atoms with Crippen molar-refractivity contribution in [1.29, 1.82) is 0 Å². The van der Waals surface area contributed by atoms with Gasteiger partial charge in [-0.05, 0) is 30.2 Å². The van der Waals surface area contributed by atoms with E-state index in [1.807, 2.05) is 0 Å². The van der Waals surface area contributed by atoms with Gasteiger partial charge < -0.3 is 14.8 Å². The molecule has 0 bridgehead atoms. The van der Waals surface area contributed by atoms with Crippen LogP contribution in [0, 0.1) is 11.7 Å². The molecular weight excluding hydrogens is 337 g/mol. The third-order valence-electron chi connectivity index (χ3n) is 4.50. The molecule has 2 aromatic rings. The van der Waals surface area contributed by atoms with Crippen molar-refractivity contribution in [2.24, 2.45) is 13.0 Å². The fourth-order valence-corrected chi connectivity index (χ4v) is 2.84. The zero-order chi connectivity index (χ0) is 18.7. The zero-order valence-corrected chi connectivity index (χ0v) is 14.4. The van der Waals surface area contributed by atoms with Crippen LogP contribution in [-0.4, -0.2) is 40.9 Å². The molecule has 0 atom stereocenters. The summed E-state index contributed by atoms with van der Waals surface area (Å²) in [5.41, 5.74) is 1.21. The highest BCUT2D eigenvalue weighted by Crippen LogP contribution is 2.18. The standard InChI is InChI=1S/C19H20FN3O3/c1-22-10-14(4-7-17(22)24)19(26)23-11-15(12-23)18(25)21-9-8-13-2-5-16(20)6-3-13/h2-7,10,15H,8-9,11-12H2,1H3,(H,21,25). The van der Waals surface area contributed by atoms with Crippen LogP contribution in [0.25, 0.3) is 0 Å². The fourth-order valence-electron chi connectivity index (χ4n) is 2.84. The summed E-state index contributed by atoms with van der Waals surface area (Å²) in [6.07, 6.45) is 2.13. The molecule has 0 unspecified atom stereocenters. The number of amides is 2. The molecule has 2 amide bonds. The summed E-state index contributed by atoms with van der Waals surface area (Å²) in [5, 5.41) is 2.85. The molecule has 1 N–H and O–H groups in total. The normalized spacial score (nSPS) is 14.0. The zero-order valence-electron chi connectivity index (χ0n) is 14.4. The Bertz CT molecular complexity index is 870. The van der Waals surface area contributed by atoms with Gasteiger partial charge in [0.05, 0.1) is 11.5 Å². The fraction of sp³-hybridized carbons (Fsp3) is 0.316. The summed E-state index contributed by atoms with van der Waals surface area (Å²) >= 11 is 0. The van der Waals surface area contributed by atoms with E-state index in [-0.39, 0.29) is 29.1 Å². The van der Waals surface area contributed by atoms with Crippen LogP contribution in [0.1, 0.15) is 15.9 Å². The second-order valence-electron chi connectivity index (χ2n) is 6.44. The summed E-state index contributed by atoms with van der Waals surface area (Å²) in [6, 6.07) is 9.03. The van der Waals surface area contributed by atoms with Gasteiger partial charge in [-0.3, -0.25) is 14.4 Å². The highest BCUT2D eigenvalue weighted by molar-refractivity contribution is 5.95. The highest BCUT2D eigenvalue weighted by atomic mass is 19.1. The second kappa shape index (κ2) is 7.51. The first-order valence-corrected chi connectivity index (χ1v) is 8.42. The van der Waals surface area contributed by atoms with Crippen LogP contribution in [0.4, 0.5) is 4.39 Å². The monoisotopic (exact) mass is 357 g/mol. The molecule has 7 heteroatoms. The Morgan fingerprint density at radius 2 is 1.85 bits per heavy atom. The lowest BCUT2D eigenvalue weighted by Gasteiger charge is -2.38. The molecule has 2 heterocycles. The van der Waals surface area contributed by atoms with Crippen molar-refractivity contribution in [1.82, 2.24) is 14.8 Å². The molecule has 3 rings (SSSR count). The van der Waals surface area contributed by atoms with Crippen molar-refractivity contribution in [3.63, 3.8) is 0 Å². The molecule has 26 heavy (non-hydrogen) atoms. The largest absolute Gasteiger partial charge is 0.355 e. The third kappa shape index (κ3) is 3.99. The summed E-state index contributed by atoms with van der Waals surface area (Å²) in [6.45, 7) is 1.20. The van der Waals surface area contributed by atoms with Gasteiger partial charge in [0.15, 0.2) is 0 Å². The summed E-state index contributed by atoms with van der Waals surface area (Å²) in [5.74, 6) is -0.775. The number of rotatable bonds is 5. The molecule has 0 aliphatic carbocycles. The Kier molecular flexibility index (Phi) is 5.16. The molecule has 1 aromatic carbocycles. The van der Waals surface area contributed by atoms with Crippen molar-refractivity contribution in [2.75, 3.05) is 19.6 Å². The van der Waals surface area contributed by atoms with E-state index in [1.165, 1.54) is 35.0 Å². The number of benzene rings is 1. The van der Waals surface area contributed by atoms with Gasteiger partial charge in [0, 0.05) is 38.9 Å².